The van der Waals surface area contributed by atoms with Gasteiger partial charge >= 0.3 is 0 Å². The van der Waals surface area contributed by atoms with E-state index in [1.165, 1.54) is 0 Å². The fourth-order valence-electron chi connectivity index (χ4n) is 1.41. The molecule has 0 amide bonds. The lowest BCUT2D eigenvalue weighted by molar-refractivity contribution is 0.136. The average Bonchev–Trinajstić information content (AvgIpc) is 2.54. The van der Waals surface area contributed by atoms with Gasteiger partial charge in [0.05, 0.1) is 0 Å². The van der Waals surface area contributed by atoms with Crippen molar-refractivity contribution in [1.82, 2.24) is 0 Å². The summed E-state index contributed by atoms with van der Waals surface area (Å²) in [5.41, 5.74) is 0.666. The van der Waals surface area contributed by atoms with Gasteiger partial charge in [0, 0.05) is 12.0 Å². The second-order valence-corrected chi connectivity index (χ2v) is 4.37. The summed E-state index contributed by atoms with van der Waals surface area (Å²) in [5, 5.41) is 0. The van der Waals surface area contributed by atoms with Crippen molar-refractivity contribution < 1.29 is 8.78 Å². The summed E-state index contributed by atoms with van der Waals surface area (Å²) >= 11 is 0. The van der Waals surface area contributed by atoms with Gasteiger partial charge in [0.25, 0.3) is 5.92 Å². The van der Waals surface area contributed by atoms with Crippen LogP contribution >= 0.6 is 0 Å². The molecule has 2 saturated carbocycles. The van der Waals surface area contributed by atoms with Crippen LogP contribution in [0.4, 0.5) is 8.78 Å². The normalized spacial score (nSPS) is 40.7. The number of hydrogen-bond donors (Lipinski definition) is 0. The number of alkyl halides is 2. The zero-order valence-corrected chi connectivity index (χ0v) is 6.82. The molecule has 1 atom stereocenters. The van der Waals surface area contributed by atoms with Crippen molar-refractivity contribution in [2.24, 2.45) is 11.3 Å². The van der Waals surface area contributed by atoms with Crippen LogP contribution in [0.25, 0.3) is 0 Å². The van der Waals surface area contributed by atoms with Crippen LogP contribution in [0, 0.1) is 11.3 Å². The predicted molar refractivity (Wildman–Crippen MR) is 39.5 cm³/mol. The number of rotatable bonds is 1. The Kier molecular flexibility index (Phi) is 1.10. The molecule has 0 aromatic rings. The quantitative estimate of drug-likeness (QED) is 0.514. The van der Waals surface area contributed by atoms with Gasteiger partial charge < -0.3 is 0 Å². The third kappa shape index (κ3) is 1.19. The molecular weight excluding hydrogens is 146 g/mol. The van der Waals surface area contributed by atoms with E-state index >= 15 is 0 Å². The van der Waals surface area contributed by atoms with Crippen LogP contribution in [0.5, 0.6) is 0 Å². The minimum atomic E-state index is -2.43. The Labute approximate surface area is 65.3 Å². The summed E-state index contributed by atoms with van der Waals surface area (Å²) in [5.74, 6) is -2.01. The molecule has 2 heteroatoms. The molecule has 11 heavy (non-hydrogen) atoms. The molecule has 0 aromatic heterocycles. The van der Waals surface area contributed by atoms with Gasteiger partial charge in [0.2, 0.25) is 0 Å². The second-order valence-electron chi connectivity index (χ2n) is 4.37. The minimum Gasteiger partial charge on any atom is -0.201 e. The highest BCUT2D eigenvalue weighted by Gasteiger charge is 2.54. The first-order valence-corrected chi connectivity index (χ1v) is 4.01. The van der Waals surface area contributed by atoms with Gasteiger partial charge in [-0.1, -0.05) is 19.9 Å². The van der Waals surface area contributed by atoms with Gasteiger partial charge in [0.15, 0.2) is 0 Å². The maximum Gasteiger partial charge on any atom is 0.273 e. The van der Waals surface area contributed by atoms with E-state index in [0.717, 1.165) is 6.42 Å². The zero-order valence-electron chi connectivity index (χ0n) is 6.82. The molecule has 0 nitrogen and oxygen atoms in total. The molecule has 0 radical (unpaired) electrons. The zero-order chi connectivity index (χ0) is 8.28. The Bertz CT molecular complexity index is 226. The largest absolute Gasteiger partial charge is 0.273 e. The molecule has 2 aliphatic carbocycles. The van der Waals surface area contributed by atoms with E-state index in [0.29, 0.717) is 16.9 Å². The van der Waals surface area contributed by atoms with E-state index in [1.807, 2.05) is 0 Å². The van der Waals surface area contributed by atoms with Crippen molar-refractivity contribution >= 4 is 0 Å². The molecule has 2 aliphatic rings. The van der Waals surface area contributed by atoms with Crippen molar-refractivity contribution in [3.8, 4) is 0 Å². The van der Waals surface area contributed by atoms with Crippen LogP contribution in [0.15, 0.2) is 11.6 Å². The molecule has 0 aromatic carbocycles. The smallest absolute Gasteiger partial charge is 0.201 e. The summed E-state index contributed by atoms with van der Waals surface area (Å²) in [6.07, 6.45) is 2.87. The first-order chi connectivity index (χ1) is 4.92. The fraction of sp³-hybridized carbons (Fsp3) is 0.778. The standard InChI is InChI=1S/C9H12F2/c1-8(2)4-6(8)3-7-5-9(7,10)11/h3,6H,4-5H2,1-2H3. The van der Waals surface area contributed by atoms with Gasteiger partial charge in [-0.3, -0.25) is 0 Å². The molecule has 0 aliphatic heterocycles. The highest BCUT2D eigenvalue weighted by atomic mass is 19.3. The molecule has 0 N–H and O–H groups in total. The summed E-state index contributed by atoms with van der Waals surface area (Å²) in [6, 6.07) is 0. The van der Waals surface area contributed by atoms with Crippen LogP contribution < -0.4 is 0 Å². The average molecular weight is 158 g/mol. The molecule has 2 rings (SSSR count). The Morgan fingerprint density at radius 1 is 1.45 bits per heavy atom. The SMILES string of the molecule is CC1(C)CC1C=C1CC1(F)F. The van der Waals surface area contributed by atoms with Crippen LogP contribution in [0.2, 0.25) is 0 Å². The number of halogens is 2. The first-order valence-electron chi connectivity index (χ1n) is 4.01. The fourth-order valence-corrected chi connectivity index (χ4v) is 1.41. The Balaban J connectivity index is 1.99. The van der Waals surface area contributed by atoms with Gasteiger partial charge in [-0.2, -0.15) is 0 Å². The lowest BCUT2D eigenvalue weighted by Gasteiger charge is -1.95. The summed E-state index contributed by atoms with van der Waals surface area (Å²) < 4.78 is 24.7. The molecule has 1 unspecified atom stereocenters. The molecule has 62 valence electrons. The van der Waals surface area contributed by atoms with Crippen LogP contribution in [0.1, 0.15) is 26.7 Å². The van der Waals surface area contributed by atoms with Crippen LogP contribution in [-0.2, 0) is 0 Å². The second kappa shape index (κ2) is 1.67. The van der Waals surface area contributed by atoms with Gasteiger partial charge in [-0.25, -0.2) is 8.78 Å². The summed E-state index contributed by atoms with van der Waals surface area (Å²) in [7, 11) is 0. The van der Waals surface area contributed by atoms with E-state index in [4.69, 9.17) is 0 Å². The van der Waals surface area contributed by atoms with Crippen molar-refractivity contribution in [2.45, 2.75) is 32.6 Å². The third-order valence-electron chi connectivity index (χ3n) is 2.75. The molecule has 0 spiro atoms. The van der Waals surface area contributed by atoms with Gasteiger partial charge in [0.1, 0.15) is 0 Å². The maximum atomic E-state index is 12.4. The molecule has 2 fully saturated rings. The minimum absolute atomic E-state index is 0.0135. The first kappa shape index (κ1) is 7.26. The summed E-state index contributed by atoms with van der Waals surface area (Å²) in [6.45, 7) is 4.24. The Morgan fingerprint density at radius 2 is 1.91 bits per heavy atom. The number of hydrogen-bond acceptors (Lipinski definition) is 0. The topological polar surface area (TPSA) is 0 Å². The Hall–Kier alpha value is -0.400. The highest BCUT2D eigenvalue weighted by molar-refractivity contribution is 5.33. The molecule has 0 heterocycles. The predicted octanol–water partition coefficient (Wildman–Crippen LogP) is 3.00. The van der Waals surface area contributed by atoms with E-state index in [1.54, 1.807) is 6.08 Å². The molecule has 0 bridgehead atoms. The van der Waals surface area contributed by atoms with E-state index < -0.39 is 5.92 Å². The monoisotopic (exact) mass is 158 g/mol. The lowest BCUT2D eigenvalue weighted by atomic mass is 10.1. The van der Waals surface area contributed by atoms with Crippen molar-refractivity contribution in [3.05, 3.63) is 11.6 Å². The van der Waals surface area contributed by atoms with E-state index in [2.05, 4.69) is 13.8 Å². The van der Waals surface area contributed by atoms with Crippen LogP contribution in [-0.4, -0.2) is 5.92 Å². The van der Waals surface area contributed by atoms with Crippen LogP contribution in [0.3, 0.4) is 0 Å². The third-order valence-corrected chi connectivity index (χ3v) is 2.75. The van der Waals surface area contributed by atoms with E-state index in [-0.39, 0.29) is 6.42 Å². The van der Waals surface area contributed by atoms with Gasteiger partial charge in [-0.05, 0) is 17.8 Å². The Morgan fingerprint density at radius 3 is 2.18 bits per heavy atom. The summed E-state index contributed by atoms with van der Waals surface area (Å²) in [4.78, 5) is 0. The van der Waals surface area contributed by atoms with Crippen molar-refractivity contribution in [1.29, 1.82) is 0 Å². The molecule has 0 saturated heterocycles. The van der Waals surface area contributed by atoms with Crippen molar-refractivity contribution in [3.63, 3.8) is 0 Å². The molecular formula is C9H12F2. The van der Waals surface area contributed by atoms with Crippen molar-refractivity contribution in [2.75, 3.05) is 0 Å². The van der Waals surface area contributed by atoms with E-state index in [9.17, 15) is 8.78 Å². The lowest BCUT2D eigenvalue weighted by Crippen LogP contribution is -1.88. The van der Waals surface area contributed by atoms with Gasteiger partial charge in [-0.15, -0.1) is 0 Å². The number of allylic oxidation sites excluding steroid dienone is 2. The maximum absolute atomic E-state index is 12.4. The highest BCUT2D eigenvalue weighted by Crippen LogP contribution is 2.57.